The average molecular weight is 364 g/mol. The average Bonchev–Trinajstić information content (AvgIpc) is 3.32. The zero-order chi connectivity index (χ0) is 18.9. The topological polar surface area (TPSA) is 120 Å². The Morgan fingerprint density at radius 3 is 2.93 bits per heavy atom. The summed E-state index contributed by atoms with van der Waals surface area (Å²) in [5.74, 6) is 1.62. The smallest absolute Gasteiger partial charge is 0.189 e. The normalized spacial score (nSPS) is 11.4. The Morgan fingerprint density at radius 1 is 1.22 bits per heavy atom. The van der Waals surface area contributed by atoms with E-state index < -0.39 is 0 Å². The highest BCUT2D eigenvalue weighted by molar-refractivity contribution is 5.70. The summed E-state index contributed by atoms with van der Waals surface area (Å²) in [6.07, 6.45) is 10.6. The standard InChI is InChI=1S/C18H20N8O/c1-2-3-4-5-6-7-11-26-16(20-24-25-26)13-27-15-10-8-9-14(12-15)17-18(19)22-23-21-17/h2,4-10,12H,1,3,11,13H2,(H3,19,21,22,23)/b5-4-,7-6-. The molecule has 0 fully saturated rings. The van der Waals surface area contributed by atoms with E-state index in [-0.39, 0.29) is 6.61 Å². The van der Waals surface area contributed by atoms with Crippen molar-refractivity contribution in [3.8, 4) is 17.0 Å². The summed E-state index contributed by atoms with van der Waals surface area (Å²) in [6.45, 7) is 4.46. The summed E-state index contributed by atoms with van der Waals surface area (Å²) in [4.78, 5) is 0. The molecule has 0 saturated carbocycles. The van der Waals surface area contributed by atoms with Crippen molar-refractivity contribution in [2.24, 2.45) is 0 Å². The molecule has 9 nitrogen and oxygen atoms in total. The van der Waals surface area contributed by atoms with Crippen molar-refractivity contribution in [3.63, 3.8) is 0 Å². The van der Waals surface area contributed by atoms with Gasteiger partial charge in [-0.05, 0) is 29.0 Å². The SMILES string of the molecule is C=CC/C=C\C=C/Cn1nnnc1COc1cccc(-c2n[nH]nc2N)c1. The molecule has 0 saturated heterocycles. The number of H-pyrrole nitrogens is 1. The number of nitrogens with two attached hydrogens (primary N) is 1. The van der Waals surface area contributed by atoms with E-state index in [0.717, 1.165) is 12.0 Å². The van der Waals surface area contributed by atoms with Gasteiger partial charge in [-0.15, -0.1) is 16.8 Å². The molecule has 0 aliphatic heterocycles. The molecule has 0 aliphatic carbocycles. The second kappa shape index (κ2) is 9.09. The van der Waals surface area contributed by atoms with Crippen LogP contribution in [0.15, 0.2) is 61.2 Å². The Bertz CT molecular complexity index is 940. The number of tetrazole rings is 1. The molecule has 0 radical (unpaired) electrons. The molecule has 3 N–H and O–H groups in total. The van der Waals surface area contributed by atoms with Gasteiger partial charge in [0.05, 0.1) is 6.54 Å². The van der Waals surface area contributed by atoms with Crippen molar-refractivity contribution in [3.05, 3.63) is 67.0 Å². The Morgan fingerprint density at radius 2 is 2.11 bits per heavy atom. The summed E-state index contributed by atoms with van der Waals surface area (Å²) in [7, 11) is 0. The molecule has 0 atom stereocenters. The maximum absolute atomic E-state index is 5.82. The van der Waals surface area contributed by atoms with Crippen molar-refractivity contribution in [1.29, 1.82) is 0 Å². The van der Waals surface area contributed by atoms with Crippen molar-refractivity contribution in [2.75, 3.05) is 5.73 Å². The van der Waals surface area contributed by atoms with E-state index in [2.05, 4.69) is 37.5 Å². The lowest BCUT2D eigenvalue weighted by Crippen LogP contribution is -2.08. The first-order chi connectivity index (χ1) is 13.3. The number of benzene rings is 1. The highest BCUT2D eigenvalue weighted by atomic mass is 16.5. The number of nitrogen functional groups attached to an aromatic ring is 1. The number of anilines is 1. The molecule has 0 bridgehead atoms. The molecule has 3 rings (SSSR count). The van der Waals surface area contributed by atoms with E-state index in [0.29, 0.717) is 29.6 Å². The fourth-order valence-corrected chi connectivity index (χ4v) is 2.29. The highest BCUT2D eigenvalue weighted by Gasteiger charge is 2.09. The number of nitrogens with one attached hydrogen (secondary N) is 1. The number of hydrogen-bond donors (Lipinski definition) is 2. The predicted molar refractivity (Wildman–Crippen MR) is 101 cm³/mol. The Balaban J connectivity index is 1.60. The third-order valence-electron chi connectivity index (χ3n) is 3.62. The lowest BCUT2D eigenvalue weighted by molar-refractivity contribution is 0.288. The van der Waals surface area contributed by atoms with Crippen LogP contribution in [-0.4, -0.2) is 35.6 Å². The molecular weight excluding hydrogens is 344 g/mol. The number of hydrogen-bond acceptors (Lipinski definition) is 7. The first-order valence-corrected chi connectivity index (χ1v) is 8.35. The first-order valence-electron chi connectivity index (χ1n) is 8.35. The second-order valence-corrected chi connectivity index (χ2v) is 5.53. The molecule has 2 heterocycles. The van der Waals surface area contributed by atoms with Gasteiger partial charge in [-0.2, -0.15) is 10.3 Å². The van der Waals surface area contributed by atoms with Gasteiger partial charge < -0.3 is 10.5 Å². The second-order valence-electron chi connectivity index (χ2n) is 5.53. The van der Waals surface area contributed by atoms with Crippen molar-refractivity contribution in [2.45, 2.75) is 19.6 Å². The number of ether oxygens (including phenoxy) is 1. The molecule has 2 aromatic heterocycles. The summed E-state index contributed by atoms with van der Waals surface area (Å²) in [5, 5.41) is 22.1. The van der Waals surface area contributed by atoms with E-state index >= 15 is 0 Å². The van der Waals surface area contributed by atoms with E-state index in [9.17, 15) is 0 Å². The molecule has 0 amide bonds. The van der Waals surface area contributed by atoms with E-state index in [4.69, 9.17) is 10.5 Å². The van der Waals surface area contributed by atoms with Gasteiger partial charge >= 0.3 is 0 Å². The minimum absolute atomic E-state index is 0.241. The number of nitrogens with zero attached hydrogens (tertiary/aromatic N) is 6. The molecule has 27 heavy (non-hydrogen) atoms. The first kappa shape index (κ1) is 18.1. The molecule has 0 aliphatic rings. The zero-order valence-electron chi connectivity index (χ0n) is 14.7. The summed E-state index contributed by atoms with van der Waals surface area (Å²) >= 11 is 0. The van der Waals surface area contributed by atoms with Gasteiger partial charge in [-0.25, -0.2) is 4.68 Å². The lowest BCUT2D eigenvalue weighted by Gasteiger charge is -2.07. The third kappa shape index (κ3) is 4.88. The molecule has 0 spiro atoms. The minimum atomic E-state index is 0.241. The van der Waals surface area contributed by atoms with Gasteiger partial charge in [0.25, 0.3) is 0 Å². The monoisotopic (exact) mass is 364 g/mol. The van der Waals surface area contributed by atoms with Gasteiger partial charge in [-0.3, -0.25) is 0 Å². The number of aromatic nitrogens is 7. The fourth-order valence-electron chi connectivity index (χ4n) is 2.29. The predicted octanol–water partition coefficient (Wildman–Crippen LogP) is 2.31. The molecular formula is C18H20N8O. The van der Waals surface area contributed by atoms with E-state index in [1.807, 2.05) is 54.6 Å². The minimum Gasteiger partial charge on any atom is -0.486 e. The molecule has 138 valence electrons. The maximum Gasteiger partial charge on any atom is 0.189 e. The Kier molecular flexibility index (Phi) is 6.08. The van der Waals surface area contributed by atoms with Crippen LogP contribution in [0.1, 0.15) is 12.2 Å². The molecule has 9 heteroatoms. The van der Waals surface area contributed by atoms with Crippen molar-refractivity contribution >= 4 is 5.82 Å². The van der Waals surface area contributed by atoms with Crippen LogP contribution in [-0.2, 0) is 13.2 Å². The number of allylic oxidation sites excluding steroid dienone is 5. The number of rotatable bonds is 9. The van der Waals surface area contributed by atoms with Crippen LogP contribution in [0, 0.1) is 0 Å². The van der Waals surface area contributed by atoms with Crippen LogP contribution in [0.3, 0.4) is 0 Å². The quantitative estimate of drug-likeness (QED) is 0.441. The highest BCUT2D eigenvalue weighted by Crippen LogP contribution is 2.25. The Hall–Kier alpha value is -3.75. The summed E-state index contributed by atoms with van der Waals surface area (Å²) < 4.78 is 7.50. The van der Waals surface area contributed by atoms with Crippen molar-refractivity contribution < 1.29 is 4.74 Å². The van der Waals surface area contributed by atoms with Gasteiger partial charge in [0.2, 0.25) is 0 Å². The number of aromatic amines is 1. The molecule has 3 aromatic rings. The maximum atomic E-state index is 5.82. The summed E-state index contributed by atoms with van der Waals surface area (Å²) in [5.41, 5.74) is 7.18. The molecule has 1 aromatic carbocycles. The zero-order valence-corrected chi connectivity index (χ0v) is 14.7. The van der Waals surface area contributed by atoms with Gasteiger partial charge in [0.15, 0.2) is 11.6 Å². The van der Waals surface area contributed by atoms with Crippen LogP contribution in [0.4, 0.5) is 5.82 Å². The fraction of sp³-hybridized carbons (Fsp3) is 0.167. The van der Waals surface area contributed by atoms with Gasteiger partial charge in [0.1, 0.15) is 18.1 Å². The largest absolute Gasteiger partial charge is 0.486 e. The van der Waals surface area contributed by atoms with Gasteiger partial charge in [0, 0.05) is 5.56 Å². The third-order valence-corrected chi connectivity index (χ3v) is 3.62. The Labute approximate surface area is 156 Å². The van der Waals surface area contributed by atoms with E-state index in [1.165, 1.54) is 0 Å². The summed E-state index contributed by atoms with van der Waals surface area (Å²) in [6, 6.07) is 7.43. The van der Waals surface area contributed by atoms with Crippen LogP contribution in [0.5, 0.6) is 5.75 Å². The van der Waals surface area contributed by atoms with Crippen LogP contribution >= 0.6 is 0 Å². The van der Waals surface area contributed by atoms with Crippen LogP contribution < -0.4 is 10.5 Å². The van der Waals surface area contributed by atoms with Crippen molar-refractivity contribution in [1.82, 2.24) is 35.6 Å². The van der Waals surface area contributed by atoms with Crippen LogP contribution in [0.25, 0.3) is 11.3 Å². The van der Waals surface area contributed by atoms with E-state index in [1.54, 1.807) is 4.68 Å². The lowest BCUT2D eigenvalue weighted by atomic mass is 10.1. The van der Waals surface area contributed by atoms with Crippen LogP contribution in [0.2, 0.25) is 0 Å². The van der Waals surface area contributed by atoms with Gasteiger partial charge in [-0.1, -0.05) is 42.5 Å². The molecule has 0 unspecified atom stereocenters.